The molecular weight excluding hydrogens is 234 g/mol. The van der Waals surface area contributed by atoms with Gasteiger partial charge in [-0.15, -0.1) is 0 Å². The predicted molar refractivity (Wildman–Crippen MR) is 83.4 cm³/mol. The molecule has 0 N–H and O–H groups in total. The summed E-state index contributed by atoms with van der Waals surface area (Å²) in [5, 5.41) is 0. The Hall–Kier alpha value is -0.0800. The molecule has 2 heteroatoms. The Balaban J connectivity index is 1.80. The van der Waals surface area contributed by atoms with E-state index in [-0.39, 0.29) is 0 Å². The number of unbranched alkanes of at least 4 members (excludes halogenated alkanes) is 9. The second kappa shape index (κ2) is 9.77. The van der Waals surface area contributed by atoms with Gasteiger partial charge in [0.15, 0.2) is 0 Å². The van der Waals surface area contributed by atoms with Gasteiger partial charge < -0.3 is 9.22 Å². The number of ether oxygens (including phenoxy) is 1. The van der Waals surface area contributed by atoms with Crippen molar-refractivity contribution in [3.05, 3.63) is 0 Å². The van der Waals surface area contributed by atoms with Crippen LogP contribution in [0.1, 0.15) is 71.1 Å². The molecule has 114 valence electrons. The van der Waals surface area contributed by atoms with Crippen LogP contribution in [0, 0.1) is 0 Å². The quantitative estimate of drug-likeness (QED) is 0.275. The summed E-state index contributed by atoms with van der Waals surface area (Å²) in [5.74, 6) is 0. The average Bonchev–Trinajstić information content (AvgIpc) is 3.14. The predicted octanol–water partition coefficient (Wildman–Crippen LogP) is 4.38. The van der Waals surface area contributed by atoms with E-state index in [9.17, 15) is 0 Å². The number of hydrogen-bond donors (Lipinski definition) is 0. The second-order valence-electron chi connectivity index (χ2n) is 6.98. The highest BCUT2D eigenvalue weighted by Gasteiger charge is 2.30. The Kier molecular flexibility index (Phi) is 8.72. The third-order valence-corrected chi connectivity index (χ3v) is 4.22. The van der Waals surface area contributed by atoms with E-state index in [0.29, 0.717) is 6.10 Å². The normalized spacial score (nSPS) is 18.8. The van der Waals surface area contributed by atoms with Crippen LogP contribution >= 0.6 is 0 Å². The zero-order valence-electron chi connectivity index (χ0n) is 13.6. The first-order valence-electron chi connectivity index (χ1n) is 8.57. The van der Waals surface area contributed by atoms with Gasteiger partial charge in [0, 0.05) is 0 Å². The summed E-state index contributed by atoms with van der Waals surface area (Å²) in [5.41, 5.74) is 0. The molecular formula is C17H36NO+. The summed E-state index contributed by atoms with van der Waals surface area (Å²) in [7, 11) is 4.69. The molecule has 1 rings (SSSR count). The zero-order chi connectivity index (χ0) is 14.0. The largest absolute Gasteiger partial charge is 0.367 e. The number of rotatable bonds is 13. The molecule has 0 bridgehead atoms. The third-order valence-electron chi connectivity index (χ3n) is 4.22. The van der Waals surface area contributed by atoms with Gasteiger partial charge in [-0.05, 0) is 12.8 Å². The van der Waals surface area contributed by atoms with Crippen LogP contribution in [-0.2, 0) is 4.74 Å². The van der Waals surface area contributed by atoms with Crippen molar-refractivity contribution in [3.63, 3.8) is 0 Å². The molecule has 0 aromatic rings. The molecule has 2 nitrogen and oxygen atoms in total. The minimum Gasteiger partial charge on any atom is -0.367 e. The van der Waals surface area contributed by atoms with Gasteiger partial charge in [-0.2, -0.15) is 0 Å². The van der Waals surface area contributed by atoms with Gasteiger partial charge in [0.2, 0.25) is 0 Å². The van der Waals surface area contributed by atoms with Gasteiger partial charge in [0.05, 0.1) is 27.2 Å². The molecule has 0 aliphatic carbocycles. The summed E-state index contributed by atoms with van der Waals surface area (Å²) in [6.07, 6.45) is 14.9. The Bertz CT molecular complexity index is 211. The molecule has 0 spiro atoms. The minimum absolute atomic E-state index is 0.568. The van der Waals surface area contributed by atoms with Gasteiger partial charge >= 0.3 is 0 Å². The maximum absolute atomic E-state index is 5.33. The van der Waals surface area contributed by atoms with Gasteiger partial charge in [0.25, 0.3) is 0 Å². The Morgan fingerprint density at radius 3 is 1.79 bits per heavy atom. The van der Waals surface area contributed by atoms with Crippen LogP contribution in [0.25, 0.3) is 0 Å². The molecule has 1 aliphatic heterocycles. The van der Waals surface area contributed by atoms with E-state index in [0.717, 1.165) is 11.1 Å². The maximum Gasteiger partial charge on any atom is 0.130 e. The summed E-state index contributed by atoms with van der Waals surface area (Å²) in [4.78, 5) is 0. The van der Waals surface area contributed by atoms with Crippen LogP contribution < -0.4 is 0 Å². The van der Waals surface area contributed by atoms with E-state index in [1.165, 1.54) is 77.3 Å². The van der Waals surface area contributed by atoms with Crippen molar-refractivity contribution in [2.45, 2.75) is 77.2 Å². The SMILES string of the molecule is CCCCCCCCCCCC[N+](C)(C)CC1CO1. The van der Waals surface area contributed by atoms with Crippen LogP contribution in [0.5, 0.6) is 0 Å². The number of hydrogen-bond acceptors (Lipinski definition) is 1. The number of likely N-dealkylation sites (N-methyl/N-ethyl adjacent to an activating group) is 1. The van der Waals surface area contributed by atoms with Crippen LogP contribution in [0.15, 0.2) is 0 Å². The van der Waals surface area contributed by atoms with Crippen molar-refractivity contribution >= 4 is 0 Å². The van der Waals surface area contributed by atoms with Crippen molar-refractivity contribution < 1.29 is 9.22 Å². The highest BCUT2D eigenvalue weighted by molar-refractivity contribution is 4.67. The minimum atomic E-state index is 0.568. The number of epoxide rings is 1. The first-order chi connectivity index (χ1) is 9.14. The van der Waals surface area contributed by atoms with Crippen molar-refractivity contribution in [2.75, 3.05) is 33.8 Å². The lowest BCUT2D eigenvalue weighted by Gasteiger charge is -2.29. The molecule has 1 aliphatic rings. The zero-order valence-corrected chi connectivity index (χ0v) is 13.6. The highest BCUT2D eigenvalue weighted by atomic mass is 16.6. The smallest absolute Gasteiger partial charge is 0.130 e. The maximum atomic E-state index is 5.33. The Morgan fingerprint density at radius 1 is 0.842 bits per heavy atom. The summed E-state index contributed by atoms with van der Waals surface area (Å²) < 4.78 is 6.47. The van der Waals surface area contributed by atoms with Gasteiger partial charge in [-0.25, -0.2) is 0 Å². The van der Waals surface area contributed by atoms with Gasteiger partial charge in [0.1, 0.15) is 12.6 Å². The van der Waals surface area contributed by atoms with E-state index in [1.807, 2.05) is 0 Å². The van der Waals surface area contributed by atoms with E-state index >= 15 is 0 Å². The number of nitrogens with zero attached hydrogens (tertiary/aromatic N) is 1. The van der Waals surface area contributed by atoms with Gasteiger partial charge in [-0.3, -0.25) is 0 Å². The number of quaternary nitrogens is 1. The monoisotopic (exact) mass is 270 g/mol. The van der Waals surface area contributed by atoms with Crippen molar-refractivity contribution in [1.29, 1.82) is 0 Å². The molecule has 1 fully saturated rings. The lowest BCUT2D eigenvalue weighted by Crippen LogP contribution is -2.43. The fourth-order valence-electron chi connectivity index (χ4n) is 2.84. The average molecular weight is 270 g/mol. The molecule has 0 aromatic heterocycles. The fourth-order valence-corrected chi connectivity index (χ4v) is 2.84. The molecule has 1 unspecified atom stereocenters. The fraction of sp³-hybridized carbons (Fsp3) is 1.00. The molecule has 1 atom stereocenters. The molecule has 1 saturated heterocycles. The molecule has 0 amide bonds. The van der Waals surface area contributed by atoms with E-state index in [4.69, 9.17) is 4.74 Å². The second-order valence-corrected chi connectivity index (χ2v) is 6.98. The first kappa shape index (κ1) is 17.0. The Labute approximate surface area is 121 Å². The van der Waals surface area contributed by atoms with Gasteiger partial charge in [-0.1, -0.05) is 58.3 Å². The van der Waals surface area contributed by atoms with Crippen LogP contribution in [0.3, 0.4) is 0 Å². The van der Waals surface area contributed by atoms with Crippen LogP contribution in [0.4, 0.5) is 0 Å². The highest BCUT2D eigenvalue weighted by Crippen LogP contribution is 2.16. The summed E-state index contributed by atoms with van der Waals surface area (Å²) in [6, 6.07) is 0. The molecule has 0 saturated carbocycles. The van der Waals surface area contributed by atoms with Crippen molar-refractivity contribution in [2.24, 2.45) is 0 Å². The molecule has 0 radical (unpaired) electrons. The van der Waals surface area contributed by atoms with E-state index < -0.39 is 0 Å². The Morgan fingerprint density at radius 2 is 1.32 bits per heavy atom. The van der Waals surface area contributed by atoms with Crippen LogP contribution in [0.2, 0.25) is 0 Å². The summed E-state index contributed by atoms with van der Waals surface area (Å²) in [6.45, 7) is 5.81. The standard InChI is InChI=1S/C17H36NO/c1-4-5-6-7-8-9-10-11-12-13-14-18(2,3)15-17-16-19-17/h17H,4-16H2,1-3H3/q+1. The molecule has 1 heterocycles. The van der Waals surface area contributed by atoms with Crippen LogP contribution in [-0.4, -0.2) is 44.4 Å². The molecule has 0 aromatic carbocycles. The first-order valence-corrected chi connectivity index (χ1v) is 8.57. The van der Waals surface area contributed by atoms with E-state index in [1.54, 1.807) is 0 Å². The summed E-state index contributed by atoms with van der Waals surface area (Å²) >= 11 is 0. The lowest BCUT2D eigenvalue weighted by atomic mass is 10.1. The van der Waals surface area contributed by atoms with Crippen molar-refractivity contribution in [3.8, 4) is 0 Å². The van der Waals surface area contributed by atoms with E-state index in [2.05, 4.69) is 21.0 Å². The molecule has 19 heavy (non-hydrogen) atoms. The third kappa shape index (κ3) is 10.4. The topological polar surface area (TPSA) is 12.5 Å². The van der Waals surface area contributed by atoms with Crippen molar-refractivity contribution in [1.82, 2.24) is 0 Å². The lowest BCUT2D eigenvalue weighted by molar-refractivity contribution is -0.891.